The molecule has 3 aromatic heterocycles. The maximum atomic E-state index is 12.7. The average Bonchev–Trinajstić information content (AvgIpc) is 3.04. The highest BCUT2D eigenvalue weighted by molar-refractivity contribution is 7.20. The first-order valence-electron chi connectivity index (χ1n) is 8.76. The van der Waals surface area contributed by atoms with Crippen molar-refractivity contribution >= 4 is 33.1 Å². The van der Waals surface area contributed by atoms with E-state index in [9.17, 15) is 9.59 Å². The highest BCUT2D eigenvalue weighted by atomic mass is 32.1. The van der Waals surface area contributed by atoms with Gasteiger partial charge < -0.3 is 5.32 Å². The molecular weight excluding hydrogens is 334 g/mol. The third-order valence-corrected chi connectivity index (χ3v) is 6.49. The number of amides is 1. The van der Waals surface area contributed by atoms with Crippen LogP contribution in [0.25, 0.3) is 15.9 Å². The second kappa shape index (κ2) is 6.26. The molecule has 0 saturated heterocycles. The van der Waals surface area contributed by atoms with Gasteiger partial charge in [-0.15, -0.1) is 11.3 Å². The molecule has 4 rings (SSSR count). The number of hydrogen-bond acceptors (Lipinski definition) is 4. The van der Waals surface area contributed by atoms with Crippen LogP contribution in [0.15, 0.2) is 35.3 Å². The molecule has 1 aliphatic carbocycles. The highest BCUT2D eigenvalue weighted by Gasteiger charge is 2.29. The normalized spacial score (nSPS) is 23.8. The van der Waals surface area contributed by atoms with Gasteiger partial charge in [0.05, 0.1) is 10.3 Å². The van der Waals surface area contributed by atoms with Crippen LogP contribution >= 0.6 is 11.3 Å². The number of hydrogen-bond donors (Lipinski definition) is 1. The predicted octanol–water partition coefficient (Wildman–Crippen LogP) is 3.46. The lowest BCUT2D eigenvalue weighted by atomic mass is 9.78. The molecule has 1 saturated carbocycles. The maximum Gasteiger partial charge on any atom is 0.266 e. The van der Waals surface area contributed by atoms with Gasteiger partial charge in [-0.1, -0.05) is 32.8 Å². The Kier molecular flexibility index (Phi) is 4.07. The fourth-order valence-corrected chi connectivity index (χ4v) is 4.62. The minimum atomic E-state index is -0.129. The van der Waals surface area contributed by atoms with Crippen molar-refractivity contribution in [3.8, 4) is 0 Å². The van der Waals surface area contributed by atoms with Gasteiger partial charge >= 0.3 is 0 Å². The van der Waals surface area contributed by atoms with Gasteiger partial charge in [-0.05, 0) is 36.5 Å². The van der Waals surface area contributed by atoms with Crippen LogP contribution in [0.3, 0.4) is 0 Å². The fourth-order valence-electron chi connectivity index (χ4n) is 3.69. The smallest absolute Gasteiger partial charge is 0.266 e. The minimum Gasteiger partial charge on any atom is -0.348 e. The lowest BCUT2D eigenvalue weighted by Gasteiger charge is -2.34. The van der Waals surface area contributed by atoms with E-state index in [-0.39, 0.29) is 17.5 Å². The van der Waals surface area contributed by atoms with Gasteiger partial charge in [-0.2, -0.15) is 0 Å². The van der Waals surface area contributed by atoms with Crippen molar-refractivity contribution in [1.29, 1.82) is 0 Å². The van der Waals surface area contributed by atoms with Gasteiger partial charge in [-0.25, -0.2) is 4.98 Å². The molecule has 5 nitrogen and oxygen atoms in total. The molecule has 0 aliphatic heterocycles. The number of nitrogens with zero attached hydrogens (tertiary/aromatic N) is 2. The molecule has 1 aliphatic rings. The van der Waals surface area contributed by atoms with Crippen molar-refractivity contribution in [1.82, 2.24) is 14.7 Å². The summed E-state index contributed by atoms with van der Waals surface area (Å²) in [6, 6.07) is 7.33. The van der Waals surface area contributed by atoms with Crippen LogP contribution < -0.4 is 10.9 Å². The average molecular weight is 355 g/mol. The van der Waals surface area contributed by atoms with Crippen LogP contribution in [-0.4, -0.2) is 21.3 Å². The monoisotopic (exact) mass is 355 g/mol. The van der Waals surface area contributed by atoms with Crippen LogP contribution in [0.4, 0.5) is 0 Å². The minimum absolute atomic E-state index is 0.0950. The van der Waals surface area contributed by atoms with E-state index < -0.39 is 0 Å². The molecule has 0 aromatic carbocycles. The summed E-state index contributed by atoms with van der Waals surface area (Å²) in [5.74, 6) is 0.999. The topological polar surface area (TPSA) is 63.5 Å². The number of fused-ring (bicyclic) bond motifs is 2. The summed E-state index contributed by atoms with van der Waals surface area (Å²) in [5.41, 5.74) is 0.471. The predicted molar refractivity (Wildman–Crippen MR) is 100 cm³/mol. The first-order valence-corrected chi connectivity index (χ1v) is 9.58. The van der Waals surface area contributed by atoms with E-state index in [0.29, 0.717) is 32.6 Å². The van der Waals surface area contributed by atoms with Crippen LogP contribution in [0, 0.1) is 11.8 Å². The molecule has 1 amide bonds. The fraction of sp³-hybridized carbons (Fsp3) is 0.421. The molecule has 0 bridgehead atoms. The van der Waals surface area contributed by atoms with Crippen molar-refractivity contribution in [2.45, 2.75) is 39.2 Å². The van der Waals surface area contributed by atoms with Gasteiger partial charge in [0.2, 0.25) is 0 Å². The Morgan fingerprint density at radius 2 is 2.16 bits per heavy atom. The van der Waals surface area contributed by atoms with E-state index in [2.05, 4.69) is 24.1 Å². The van der Waals surface area contributed by atoms with E-state index in [4.69, 9.17) is 0 Å². The van der Waals surface area contributed by atoms with Crippen LogP contribution in [0.1, 0.15) is 42.8 Å². The summed E-state index contributed by atoms with van der Waals surface area (Å²) in [4.78, 5) is 31.0. The molecular formula is C19H21N3O2S. The number of rotatable bonds is 2. The Balaban J connectivity index is 1.67. The van der Waals surface area contributed by atoms with Gasteiger partial charge in [0, 0.05) is 12.2 Å². The van der Waals surface area contributed by atoms with Gasteiger partial charge in [0.25, 0.3) is 11.5 Å². The summed E-state index contributed by atoms with van der Waals surface area (Å²) in [5, 5.41) is 3.68. The van der Waals surface area contributed by atoms with Gasteiger partial charge in [-0.3, -0.25) is 14.0 Å². The van der Waals surface area contributed by atoms with Crippen LogP contribution in [0.5, 0.6) is 0 Å². The van der Waals surface area contributed by atoms with Crippen molar-refractivity contribution < 1.29 is 4.79 Å². The Hall–Kier alpha value is -2.21. The highest BCUT2D eigenvalue weighted by Crippen LogP contribution is 2.30. The van der Waals surface area contributed by atoms with Crippen LogP contribution in [0.2, 0.25) is 0 Å². The van der Waals surface area contributed by atoms with Crippen molar-refractivity contribution in [3.05, 3.63) is 45.7 Å². The Morgan fingerprint density at radius 1 is 1.32 bits per heavy atom. The zero-order valence-electron chi connectivity index (χ0n) is 14.4. The third kappa shape index (κ3) is 2.84. The standard InChI is InChI=1S/C19H21N3O2S/c1-11-6-5-7-14(12(11)2)20-17(23)15-10-13-18(25-15)21-16-8-3-4-9-22(16)19(13)24/h3-4,8-12,14H,5-7H2,1-2H3,(H,20,23)/t11-,12+,14+/m1/s1. The zero-order chi connectivity index (χ0) is 17.6. The summed E-state index contributed by atoms with van der Waals surface area (Å²) in [6.45, 7) is 4.46. The lowest BCUT2D eigenvalue weighted by Crippen LogP contribution is -2.43. The summed E-state index contributed by atoms with van der Waals surface area (Å²) in [7, 11) is 0. The molecule has 1 fully saturated rings. The largest absolute Gasteiger partial charge is 0.348 e. The molecule has 3 heterocycles. The van der Waals surface area contributed by atoms with Gasteiger partial charge in [0.1, 0.15) is 10.5 Å². The molecule has 3 aromatic rings. The van der Waals surface area contributed by atoms with E-state index >= 15 is 0 Å². The molecule has 3 atom stereocenters. The van der Waals surface area contributed by atoms with E-state index in [1.165, 1.54) is 22.2 Å². The summed E-state index contributed by atoms with van der Waals surface area (Å²) >= 11 is 1.29. The van der Waals surface area contributed by atoms with Crippen molar-refractivity contribution in [2.75, 3.05) is 0 Å². The number of thiophene rings is 1. The molecule has 130 valence electrons. The quantitative estimate of drug-likeness (QED) is 0.766. The summed E-state index contributed by atoms with van der Waals surface area (Å²) in [6.07, 6.45) is 5.10. The number of carbonyl (C=O) groups is 1. The van der Waals surface area contributed by atoms with E-state index in [0.717, 1.165) is 12.8 Å². The molecule has 0 spiro atoms. The third-order valence-electron chi connectivity index (χ3n) is 5.46. The first-order chi connectivity index (χ1) is 12.0. The van der Waals surface area contributed by atoms with Gasteiger partial charge in [0.15, 0.2) is 0 Å². The van der Waals surface area contributed by atoms with E-state index in [1.807, 2.05) is 6.07 Å². The van der Waals surface area contributed by atoms with Crippen molar-refractivity contribution in [2.24, 2.45) is 11.8 Å². The van der Waals surface area contributed by atoms with E-state index in [1.54, 1.807) is 24.4 Å². The molecule has 0 radical (unpaired) electrons. The van der Waals surface area contributed by atoms with Crippen LogP contribution in [-0.2, 0) is 0 Å². The number of nitrogens with one attached hydrogen (secondary N) is 1. The Labute approximate surface area is 149 Å². The maximum absolute atomic E-state index is 12.7. The molecule has 0 unspecified atom stereocenters. The van der Waals surface area contributed by atoms with Crippen molar-refractivity contribution in [3.63, 3.8) is 0 Å². The number of pyridine rings is 1. The molecule has 6 heteroatoms. The zero-order valence-corrected chi connectivity index (χ0v) is 15.2. The molecule has 25 heavy (non-hydrogen) atoms. The lowest BCUT2D eigenvalue weighted by molar-refractivity contribution is 0.0895. The number of aromatic nitrogens is 2. The summed E-state index contributed by atoms with van der Waals surface area (Å²) < 4.78 is 1.52. The second-order valence-corrected chi connectivity index (χ2v) is 8.05. The number of carbonyl (C=O) groups excluding carboxylic acids is 1. The SMILES string of the molecule is C[C@H]1[C@H](C)CCC[C@@H]1NC(=O)c1cc2c(=O)n3ccccc3nc2s1. The first kappa shape index (κ1) is 16.3. The Bertz CT molecular complexity index is 1010. The molecule has 1 N–H and O–H groups in total. The Morgan fingerprint density at radius 3 is 3.00 bits per heavy atom. The second-order valence-electron chi connectivity index (χ2n) is 7.02.